The molecule has 2 unspecified atom stereocenters. The predicted octanol–water partition coefficient (Wildman–Crippen LogP) is 2.23. The molecule has 0 bridgehead atoms. The van der Waals surface area contributed by atoms with Crippen LogP contribution in [0.5, 0.6) is 0 Å². The molecule has 10 nitrogen and oxygen atoms in total. The van der Waals surface area contributed by atoms with E-state index in [1.807, 2.05) is 30.3 Å². The monoisotopic (exact) mass is 480 g/mol. The first-order valence-corrected chi connectivity index (χ1v) is 12.7. The van der Waals surface area contributed by atoms with Crippen LogP contribution in [0.15, 0.2) is 35.5 Å². The molecule has 4 rings (SSSR count). The number of carbonyl (C=O) groups is 1. The molecule has 0 radical (unpaired) electrons. The number of benzene rings is 1. The number of piperidine rings is 1. The summed E-state index contributed by atoms with van der Waals surface area (Å²) in [4.78, 5) is 18.1. The van der Waals surface area contributed by atoms with Crippen molar-refractivity contribution in [2.75, 3.05) is 27.2 Å². The van der Waals surface area contributed by atoms with E-state index in [0.29, 0.717) is 39.0 Å². The van der Waals surface area contributed by atoms with E-state index >= 15 is 0 Å². The molecule has 1 saturated carbocycles. The number of ether oxygens (including phenoxy) is 2. The maximum absolute atomic E-state index is 12.5. The summed E-state index contributed by atoms with van der Waals surface area (Å²) in [6.07, 6.45) is 3.37. The van der Waals surface area contributed by atoms with E-state index in [0.717, 1.165) is 24.8 Å². The summed E-state index contributed by atoms with van der Waals surface area (Å²) >= 11 is 0. The Bertz CT molecular complexity index is 960. The fraction of sp³-hybridized carbons (Fsp3) is 0.636. The van der Waals surface area contributed by atoms with Gasteiger partial charge >= 0.3 is 6.09 Å². The highest BCUT2D eigenvalue weighted by molar-refractivity contribution is 7.86. The molecule has 182 valence electrons. The summed E-state index contributed by atoms with van der Waals surface area (Å²) < 4.78 is 38.7. The molecule has 1 aliphatic carbocycles. The van der Waals surface area contributed by atoms with E-state index in [4.69, 9.17) is 14.3 Å². The van der Waals surface area contributed by atoms with Crippen molar-refractivity contribution in [1.29, 1.82) is 0 Å². The third-order valence-electron chi connectivity index (χ3n) is 6.51. The third-order valence-corrected chi connectivity index (χ3v) is 8.45. The van der Waals surface area contributed by atoms with E-state index in [-0.39, 0.29) is 18.0 Å². The lowest BCUT2D eigenvalue weighted by molar-refractivity contribution is -0.0510. The molecular formula is C22H32N4O6S. The summed E-state index contributed by atoms with van der Waals surface area (Å²) in [6, 6.07) is 9.83. The van der Waals surface area contributed by atoms with Gasteiger partial charge in [0.25, 0.3) is 10.2 Å². The number of oxime groups is 1. The molecule has 1 saturated heterocycles. The van der Waals surface area contributed by atoms with Crippen molar-refractivity contribution in [1.82, 2.24) is 13.9 Å². The lowest BCUT2D eigenvalue weighted by Crippen LogP contribution is -2.50. The van der Waals surface area contributed by atoms with Crippen molar-refractivity contribution in [3.05, 3.63) is 35.9 Å². The number of hydrogen-bond donors (Lipinski definition) is 1. The minimum absolute atomic E-state index is 0.0613. The Morgan fingerprint density at radius 2 is 1.97 bits per heavy atom. The van der Waals surface area contributed by atoms with Crippen molar-refractivity contribution in [2.24, 2.45) is 5.16 Å². The van der Waals surface area contributed by atoms with Crippen LogP contribution in [0.1, 0.15) is 44.1 Å². The van der Waals surface area contributed by atoms with Crippen molar-refractivity contribution in [2.45, 2.75) is 62.9 Å². The van der Waals surface area contributed by atoms with Gasteiger partial charge in [0.15, 0.2) is 0 Å². The molecule has 3 aliphatic rings. The smallest absolute Gasteiger partial charge is 0.392 e. The van der Waals surface area contributed by atoms with Gasteiger partial charge in [0, 0.05) is 40.0 Å². The first-order valence-electron chi connectivity index (χ1n) is 11.3. The van der Waals surface area contributed by atoms with E-state index in [1.54, 1.807) is 0 Å². The molecule has 2 heterocycles. The van der Waals surface area contributed by atoms with Crippen LogP contribution in [0.4, 0.5) is 4.79 Å². The third kappa shape index (κ3) is 5.65. The summed E-state index contributed by atoms with van der Waals surface area (Å²) in [6.45, 7) is 1.17. The zero-order valence-corrected chi connectivity index (χ0v) is 19.9. The standard InChI is InChI=1S/C22H32N4O6S/c1-25(2)33(28,29)26-13-11-22(12-14-26)15-20(24-32-22)31-21(27)23-18-9-6-10-19(18)30-16-17-7-4-3-5-8-17/h3-5,7-8,18-19H,6,9-16H2,1-2H3,(H,23,27). The quantitative estimate of drug-likeness (QED) is 0.669. The van der Waals surface area contributed by atoms with Crippen LogP contribution in [0.3, 0.4) is 0 Å². The fourth-order valence-corrected chi connectivity index (χ4v) is 5.63. The lowest BCUT2D eigenvalue weighted by Gasteiger charge is -2.37. The molecule has 2 aliphatic heterocycles. The first kappa shape index (κ1) is 23.9. The molecule has 2 atom stereocenters. The van der Waals surface area contributed by atoms with Gasteiger partial charge < -0.3 is 19.6 Å². The van der Waals surface area contributed by atoms with Gasteiger partial charge in [0.05, 0.1) is 25.2 Å². The predicted molar refractivity (Wildman–Crippen MR) is 122 cm³/mol. The van der Waals surface area contributed by atoms with Gasteiger partial charge in [-0.3, -0.25) is 0 Å². The van der Waals surface area contributed by atoms with E-state index < -0.39 is 21.9 Å². The minimum Gasteiger partial charge on any atom is -0.392 e. The maximum Gasteiger partial charge on any atom is 0.414 e. The number of hydrogen-bond acceptors (Lipinski definition) is 7. The summed E-state index contributed by atoms with van der Waals surface area (Å²) in [7, 11) is -0.424. The van der Waals surface area contributed by atoms with Gasteiger partial charge in [-0.05, 0) is 24.8 Å². The molecule has 1 N–H and O–H groups in total. The van der Waals surface area contributed by atoms with Crippen LogP contribution in [-0.4, -0.2) is 74.0 Å². The molecule has 11 heteroatoms. The molecular weight excluding hydrogens is 448 g/mol. The van der Waals surface area contributed by atoms with Gasteiger partial charge in [0.2, 0.25) is 5.90 Å². The summed E-state index contributed by atoms with van der Waals surface area (Å²) in [5, 5.41) is 6.88. The number of alkyl carbamates (subject to hydrolysis) is 1. The van der Waals surface area contributed by atoms with Crippen molar-refractivity contribution >= 4 is 22.2 Å². The SMILES string of the molecule is CN(C)S(=O)(=O)N1CCC2(CC1)CC(OC(=O)NC1CCCC1OCc1ccccc1)=NO2. The Balaban J connectivity index is 1.23. The number of rotatable bonds is 6. The molecule has 33 heavy (non-hydrogen) atoms. The maximum atomic E-state index is 12.5. The first-order chi connectivity index (χ1) is 15.8. The summed E-state index contributed by atoms with van der Waals surface area (Å²) in [5.41, 5.74) is 0.473. The Morgan fingerprint density at radius 1 is 1.24 bits per heavy atom. The number of nitrogens with zero attached hydrogens (tertiary/aromatic N) is 3. The zero-order chi connectivity index (χ0) is 23.5. The second kappa shape index (κ2) is 9.96. The van der Waals surface area contributed by atoms with E-state index in [2.05, 4.69) is 10.5 Å². The zero-order valence-electron chi connectivity index (χ0n) is 19.1. The van der Waals surface area contributed by atoms with Crippen molar-refractivity contribution in [3.63, 3.8) is 0 Å². The Morgan fingerprint density at radius 3 is 2.67 bits per heavy atom. The van der Waals surface area contributed by atoms with Crippen molar-refractivity contribution < 1.29 is 27.5 Å². The molecule has 1 aromatic rings. The Hall–Kier alpha value is -2.21. The molecule has 1 aromatic carbocycles. The molecule has 1 amide bonds. The van der Waals surface area contributed by atoms with Gasteiger partial charge in [-0.25, -0.2) is 4.79 Å². The average molecular weight is 481 g/mol. The van der Waals surface area contributed by atoms with Crippen LogP contribution in [0, 0.1) is 0 Å². The highest BCUT2D eigenvalue weighted by atomic mass is 32.2. The van der Waals surface area contributed by atoms with Gasteiger partial charge in [-0.2, -0.15) is 17.0 Å². The molecule has 1 spiro atoms. The fourth-order valence-electron chi connectivity index (χ4n) is 4.52. The Kier molecular flexibility index (Phi) is 7.22. The van der Waals surface area contributed by atoms with Crippen LogP contribution in [0.25, 0.3) is 0 Å². The summed E-state index contributed by atoms with van der Waals surface area (Å²) in [5.74, 6) is 0.219. The second-order valence-electron chi connectivity index (χ2n) is 9.03. The lowest BCUT2D eigenvalue weighted by atomic mass is 9.89. The second-order valence-corrected chi connectivity index (χ2v) is 11.2. The van der Waals surface area contributed by atoms with Crippen LogP contribution in [-0.2, 0) is 31.1 Å². The van der Waals surface area contributed by atoms with E-state index in [1.165, 1.54) is 22.7 Å². The van der Waals surface area contributed by atoms with Gasteiger partial charge in [-0.1, -0.05) is 35.5 Å². The molecule has 0 aromatic heterocycles. The Labute approximate surface area is 195 Å². The molecule has 2 fully saturated rings. The topological polar surface area (TPSA) is 110 Å². The van der Waals surface area contributed by atoms with Gasteiger partial charge in [-0.15, -0.1) is 0 Å². The highest BCUT2D eigenvalue weighted by Crippen LogP contribution is 2.36. The van der Waals surface area contributed by atoms with Gasteiger partial charge in [0.1, 0.15) is 5.60 Å². The number of amides is 1. The van der Waals surface area contributed by atoms with Crippen molar-refractivity contribution in [3.8, 4) is 0 Å². The normalized spacial score (nSPS) is 25.1. The number of carbonyl (C=O) groups excluding carboxylic acids is 1. The minimum atomic E-state index is -3.45. The van der Waals surface area contributed by atoms with Crippen LogP contribution >= 0.6 is 0 Å². The largest absolute Gasteiger partial charge is 0.414 e. The highest BCUT2D eigenvalue weighted by Gasteiger charge is 2.46. The van der Waals surface area contributed by atoms with Crippen LogP contribution in [0.2, 0.25) is 0 Å². The average Bonchev–Trinajstić information content (AvgIpc) is 3.40. The number of nitrogens with one attached hydrogen (secondary N) is 1. The van der Waals surface area contributed by atoms with E-state index in [9.17, 15) is 13.2 Å². The van der Waals surface area contributed by atoms with Crippen LogP contribution < -0.4 is 5.32 Å².